The summed E-state index contributed by atoms with van der Waals surface area (Å²) in [5.41, 5.74) is 0.521. The quantitative estimate of drug-likeness (QED) is 0.806. The molecule has 1 atom stereocenters. The van der Waals surface area contributed by atoms with Crippen LogP contribution in [0, 0.1) is 11.7 Å². The lowest BCUT2D eigenvalue weighted by Crippen LogP contribution is -2.17. The molecule has 0 aliphatic heterocycles. The molecule has 0 saturated carbocycles. The number of carboxylic acid groups (broad SMARTS) is 1. The predicted octanol–water partition coefficient (Wildman–Crippen LogP) is 2.65. The van der Waals surface area contributed by atoms with E-state index in [0.29, 0.717) is 5.56 Å². The van der Waals surface area contributed by atoms with Crippen LogP contribution in [0.2, 0.25) is 0 Å². The maximum absolute atomic E-state index is 12.9. The molecule has 0 heterocycles. The Labute approximate surface area is 82.4 Å². The molecule has 1 aromatic rings. The van der Waals surface area contributed by atoms with Gasteiger partial charge in [0.1, 0.15) is 5.82 Å². The predicted molar refractivity (Wildman–Crippen MR) is 51.6 cm³/mol. The SMILES string of the molecule is CC(C)[C@H](C(=O)O)c1cccc(F)c1. The minimum Gasteiger partial charge on any atom is -0.481 e. The summed E-state index contributed by atoms with van der Waals surface area (Å²) in [5, 5.41) is 8.97. The summed E-state index contributed by atoms with van der Waals surface area (Å²) in [6, 6.07) is 5.76. The van der Waals surface area contributed by atoms with Crippen LogP contribution in [-0.2, 0) is 4.79 Å². The fourth-order valence-electron chi connectivity index (χ4n) is 1.51. The molecule has 76 valence electrons. The summed E-state index contributed by atoms with van der Waals surface area (Å²) in [6.45, 7) is 3.62. The second kappa shape index (κ2) is 4.22. The van der Waals surface area contributed by atoms with Gasteiger partial charge in [-0.15, -0.1) is 0 Å². The zero-order chi connectivity index (χ0) is 10.7. The monoisotopic (exact) mass is 196 g/mol. The van der Waals surface area contributed by atoms with E-state index in [1.165, 1.54) is 18.2 Å². The maximum Gasteiger partial charge on any atom is 0.311 e. The first-order valence-corrected chi connectivity index (χ1v) is 4.50. The van der Waals surface area contributed by atoms with Crippen molar-refractivity contribution in [3.63, 3.8) is 0 Å². The normalized spacial score (nSPS) is 12.9. The molecular weight excluding hydrogens is 183 g/mol. The fourth-order valence-corrected chi connectivity index (χ4v) is 1.51. The van der Waals surface area contributed by atoms with E-state index in [9.17, 15) is 9.18 Å². The van der Waals surface area contributed by atoms with Gasteiger partial charge in [0.05, 0.1) is 5.92 Å². The number of carboxylic acids is 1. The van der Waals surface area contributed by atoms with E-state index in [0.717, 1.165) is 0 Å². The fraction of sp³-hybridized carbons (Fsp3) is 0.364. The van der Waals surface area contributed by atoms with Crippen molar-refractivity contribution in [3.05, 3.63) is 35.6 Å². The van der Waals surface area contributed by atoms with Gasteiger partial charge in [-0.3, -0.25) is 4.79 Å². The van der Waals surface area contributed by atoms with Gasteiger partial charge in [0, 0.05) is 0 Å². The van der Waals surface area contributed by atoms with Crippen molar-refractivity contribution < 1.29 is 14.3 Å². The summed E-state index contributed by atoms with van der Waals surface area (Å²) in [6.07, 6.45) is 0. The highest BCUT2D eigenvalue weighted by molar-refractivity contribution is 5.76. The molecule has 0 unspecified atom stereocenters. The van der Waals surface area contributed by atoms with E-state index in [1.54, 1.807) is 6.07 Å². The molecule has 0 bridgehead atoms. The Bertz CT molecular complexity index is 334. The number of rotatable bonds is 3. The van der Waals surface area contributed by atoms with Gasteiger partial charge in [-0.2, -0.15) is 0 Å². The second-order valence-corrected chi connectivity index (χ2v) is 3.61. The third-order valence-electron chi connectivity index (χ3n) is 2.14. The lowest BCUT2D eigenvalue weighted by atomic mass is 9.88. The summed E-state index contributed by atoms with van der Waals surface area (Å²) in [7, 11) is 0. The summed E-state index contributed by atoms with van der Waals surface area (Å²) in [4.78, 5) is 10.9. The van der Waals surface area contributed by atoms with Crippen molar-refractivity contribution in [2.24, 2.45) is 5.92 Å². The number of carbonyl (C=O) groups is 1. The van der Waals surface area contributed by atoms with Crippen molar-refractivity contribution in [2.45, 2.75) is 19.8 Å². The third kappa shape index (κ3) is 2.31. The Morgan fingerprint density at radius 3 is 2.50 bits per heavy atom. The molecule has 2 nitrogen and oxygen atoms in total. The van der Waals surface area contributed by atoms with Crippen LogP contribution in [0.15, 0.2) is 24.3 Å². The number of halogens is 1. The topological polar surface area (TPSA) is 37.3 Å². The maximum atomic E-state index is 12.9. The van der Waals surface area contributed by atoms with Gasteiger partial charge in [0.25, 0.3) is 0 Å². The first-order chi connectivity index (χ1) is 6.52. The van der Waals surface area contributed by atoms with Crippen molar-refractivity contribution in [3.8, 4) is 0 Å². The Morgan fingerprint density at radius 1 is 1.43 bits per heavy atom. The van der Waals surface area contributed by atoms with Gasteiger partial charge in [0.2, 0.25) is 0 Å². The minimum absolute atomic E-state index is 0.0469. The van der Waals surface area contributed by atoms with E-state index < -0.39 is 17.7 Å². The Kier molecular flexibility index (Phi) is 3.23. The molecule has 1 N–H and O–H groups in total. The van der Waals surface area contributed by atoms with Gasteiger partial charge in [-0.1, -0.05) is 26.0 Å². The molecule has 0 amide bonds. The molecule has 0 aliphatic rings. The number of aliphatic carboxylic acids is 1. The van der Waals surface area contributed by atoms with Crippen LogP contribution in [0.1, 0.15) is 25.3 Å². The average Bonchev–Trinajstić information content (AvgIpc) is 2.02. The molecule has 1 rings (SSSR count). The molecule has 0 aromatic heterocycles. The third-order valence-corrected chi connectivity index (χ3v) is 2.14. The smallest absolute Gasteiger partial charge is 0.311 e. The molecule has 0 saturated heterocycles. The van der Waals surface area contributed by atoms with Crippen LogP contribution in [-0.4, -0.2) is 11.1 Å². The van der Waals surface area contributed by atoms with Gasteiger partial charge < -0.3 is 5.11 Å². The molecule has 1 aromatic carbocycles. The molecule has 0 aliphatic carbocycles. The molecule has 14 heavy (non-hydrogen) atoms. The van der Waals surface area contributed by atoms with Crippen molar-refractivity contribution >= 4 is 5.97 Å². The van der Waals surface area contributed by atoms with E-state index in [2.05, 4.69) is 0 Å². The van der Waals surface area contributed by atoms with Crippen molar-refractivity contribution in [1.29, 1.82) is 0 Å². The molecule has 3 heteroatoms. The number of benzene rings is 1. The molecule has 0 radical (unpaired) electrons. The zero-order valence-corrected chi connectivity index (χ0v) is 8.20. The van der Waals surface area contributed by atoms with Crippen molar-refractivity contribution in [1.82, 2.24) is 0 Å². The lowest BCUT2D eigenvalue weighted by Gasteiger charge is -2.16. The highest BCUT2D eigenvalue weighted by Crippen LogP contribution is 2.24. The summed E-state index contributed by atoms with van der Waals surface area (Å²) >= 11 is 0. The van der Waals surface area contributed by atoms with E-state index in [1.807, 2.05) is 13.8 Å². The highest BCUT2D eigenvalue weighted by atomic mass is 19.1. The van der Waals surface area contributed by atoms with E-state index in [-0.39, 0.29) is 5.92 Å². The largest absolute Gasteiger partial charge is 0.481 e. The first-order valence-electron chi connectivity index (χ1n) is 4.50. The molecular formula is C11H13FO2. The van der Waals surface area contributed by atoms with Gasteiger partial charge in [-0.05, 0) is 23.6 Å². The van der Waals surface area contributed by atoms with Crippen LogP contribution in [0.25, 0.3) is 0 Å². The summed E-state index contributed by atoms with van der Waals surface area (Å²) in [5.74, 6) is -1.99. The Morgan fingerprint density at radius 2 is 2.07 bits per heavy atom. The van der Waals surface area contributed by atoms with Gasteiger partial charge >= 0.3 is 5.97 Å². The average molecular weight is 196 g/mol. The molecule has 0 fully saturated rings. The first kappa shape index (κ1) is 10.7. The van der Waals surface area contributed by atoms with Crippen LogP contribution >= 0.6 is 0 Å². The van der Waals surface area contributed by atoms with Gasteiger partial charge in [-0.25, -0.2) is 4.39 Å². The zero-order valence-electron chi connectivity index (χ0n) is 8.20. The van der Waals surface area contributed by atoms with Crippen LogP contribution in [0.4, 0.5) is 4.39 Å². The lowest BCUT2D eigenvalue weighted by molar-refractivity contribution is -0.139. The highest BCUT2D eigenvalue weighted by Gasteiger charge is 2.23. The number of hydrogen-bond acceptors (Lipinski definition) is 1. The van der Waals surface area contributed by atoms with Gasteiger partial charge in [0.15, 0.2) is 0 Å². The summed E-state index contributed by atoms with van der Waals surface area (Å²) < 4.78 is 12.9. The van der Waals surface area contributed by atoms with Crippen LogP contribution < -0.4 is 0 Å². The van der Waals surface area contributed by atoms with Crippen LogP contribution in [0.5, 0.6) is 0 Å². The molecule has 0 spiro atoms. The standard InChI is InChI=1S/C11H13FO2/c1-7(2)10(11(13)14)8-4-3-5-9(12)6-8/h3-7,10H,1-2H3,(H,13,14)/t10-/m0/s1. The van der Waals surface area contributed by atoms with E-state index in [4.69, 9.17) is 5.11 Å². The number of hydrogen-bond donors (Lipinski definition) is 1. The Balaban J connectivity index is 3.05. The van der Waals surface area contributed by atoms with E-state index >= 15 is 0 Å². The van der Waals surface area contributed by atoms with Crippen LogP contribution in [0.3, 0.4) is 0 Å². The Hall–Kier alpha value is -1.38. The van der Waals surface area contributed by atoms with Crippen molar-refractivity contribution in [2.75, 3.05) is 0 Å². The minimum atomic E-state index is -0.911. The second-order valence-electron chi connectivity index (χ2n) is 3.61.